The summed E-state index contributed by atoms with van der Waals surface area (Å²) in [5.41, 5.74) is 0.727. The van der Waals surface area contributed by atoms with Crippen LogP contribution >= 0.6 is 11.6 Å². The Morgan fingerprint density at radius 2 is 2.00 bits per heavy atom. The fourth-order valence-electron chi connectivity index (χ4n) is 3.13. The first-order valence-corrected chi connectivity index (χ1v) is 7.59. The first kappa shape index (κ1) is 14.8. The van der Waals surface area contributed by atoms with E-state index in [9.17, 15) is 4.39 Å². The molecule has 0 aromatic heterocycles. The lowest BCUT2D eigenvalue weighted by Crippen LogP contribution is -2.37. The highest BCUT2D eigenvalue weighted by Crippen LogP contribution is 2.32. The molecule has 2 rings (SSSR count). The molecule has 0 amide bonds. The van der Waals surface area contributed by atoms with Crippen LogP contribution in [0.2, 0.25) is 5.02 Å². The van der Waals surface area contributed by atoms with Gasteiger partial charge in [0, 0.05) is 11.1 Å². The lowest BCUT2D eigenvalue weighted by atomic mass is 9.77. The first-order valence-electron chi connectivity index (χ1n) is 7.21. The van der Waals surface area contributed by atoms with Gasteiger partial charge in [-0.3, -0.25) is 0 Å². The molecule has 1 aromatic rings. The van der Waals surface area contributed by atoms with E-state index in [-0.39, 0.29) is 5.82 Å². The van der Waals surface area contributed by atoms with Crippen LogP contribution in [0, 0.1) is 17.7 Å². The molecule has 3 heteroatoms. The maximum Gasteiger partial charge on any atom is 0.126 e. The quantitative estimate of drug-likeness (QED) is 0.862. The van der Waals surface area contributed by atoms with Gasteiger partial charge in [-0.2, -0.15) is 0 Å². The van der Waals surface area contributed by atoms with Gasteiger partial charge < -0.3 is 5.32 Å². The van der Waals surface area contributed by atoms with Crippen LogP contribution in [-0.2, 0) is 6.42 Å². The Bertz CT molecular complexity index is 413. The molecule has 0 spiro atoms. The number of halogens is 2. The summed E-state index contributed by atoms with van der Waals surface area (Å²) < 4.78 is 13.8. The third kappa shape index (κ3) is 3.93. The van der Waals surface area contributed by atoms with Crippen molar-refractivity contribution in [3.05, 3.63) is 34.6 Å². The highest BCUT2D eigenvalue weighted by atomic mass is 35.5. The predicted molar refractivity (Wildman–Crippen MR) is 79.1 cm³/mol. The van der Waals surface area contributed by atoms with Gasteiger partial charge in [-0.1, -0.05) is 31.4 Å². The smallest absolute Gasteiger partial charge is 0.126 e. The van der Waals surface area contributed by atoms with E-state index in [0.29, 0.717) is 17.0 Å². The van der Waals surface area contributed by atoms with Gasteiger partial charge in [0.25, 0.3) is 0 Å². The molecule has 0 radical (unpaired) electrons. The molecular formula is C16H23ClFN. The summed E-state index contributed by atoms with van der Waals surface area (Å²) in [4.78, 5) is 0. The highest BCUT2D eigenvalue weighted by molar-refractivity contribution is 6.30. The van der Waals surface area contributed by atoms with E-state index in [1.807, 2.05) is 7.05 Å². The van der Waals surface area contributed by atoms with Gasteiger partial charge in [0.1, 0.15) is 5.82 Å². The second kappa shape index (κ2) is 6.71. The van der Waals surface area contributed by atoms with E-state index >= 15 is 0 Å². The van der Waals surface area contributed by atoms with E-state index in [2.05, 4.69) is 12.2 Å². The van der Waals surface area contributed by atoms with Gasteiger partial charge >= 0.3 is 0 Å². The minimum absolute atomic E-state index is 0.145. The van der Waals surface area contributed by atoms with Gasteiger partial charge in [-0.25, -0.2) is 4.39 Å². The number of likely N-dealkylation sites (N-methyl/N-ethyl adjacent to an activating group) is 1. The second-order valence-corrected chi connectivity index (χ2v) is 6.29. The van der Waals surface area contributed by atoms with Crippen LogP contribution in [0.4, 0.5) is 4.39 Å². The molecule has 0 bridgehead atoms. The van der Waals surface area contributed by atoms with Crippen LogP contribution in [-0.4, -0.2) is 13.1 Å². The first-order chi connectivity index (χ1) is 9.10. The number of hydrogen-bond donors (Lipinski definition) is 1. The molecular weight excluding hydrogens is 261 g/mol. The third-order valence-electron chi connectivity index (χ3n) is 4.45. The van der Waals surface area contributed by atoms with Crippen molar-refractivity contribution < 1.29 is 4.39 Å². The fourth-order valence-corrected chi connectivity index (χ4v) is 3.32. The van der Waals surface area contributed by atoms with Crippen LogP contribution in [0.15, 0.2) is 18.2 Å². The Morgan fingerprint density at radius 3 is 2.63 bits per heavy atom. The number of hydrogen-bond acceptors (Lipinski definition) is 1. The molecule has 1 unspecified atom stereocenters. The molecule has 0 saturated heterocycles. The van der Waals surface area contributed by atoms with E-state index in [4.69, 9.17) is 11.6 Å². The average molecular weight is 284 g/mol. The van der Waals surface area contributed by atoms with Gasteiger partial charge in [0.2, 0.25) is 0 Å². The molecule has 1 saturated carbocycles. The lowest BCUT2D eigenvalue weighted by Gasteiger charge is -2.32. The summed E-state index contributed by atoms with van der Waals surface area (Å²) in [5.74, 6) is 1.35. The zero-order valence-corrected chi connectivity index (χ0v) is 12.5. The Balaban J connectivity index is 2.04. The van der Waals surface area contributed by atoms with E-state index in [0.717, 1.165) is 17.9 Å². The maximum absolute atomic E-state index is 13.8. The van der Waals surface area contributed by atoms with Crippen molar-refractivity contribution in [3.63, 3.8) is 0 Å². The fraction of sp³-hybridized carbons (Fsp3) is 0.625. The minimum Gasteiger partial charge on any atom is -0.316 e. The van der Waals surface area contributed by atoms with Gasteiger partial charge in [-0.05, 0) is 61.9 Å². The van der Waals surface area contributed by atoms with Crippen LogP contribution in [0.3, 0.4) is 0 Å². The molecule has 1 aromatic carbocycles. The topological polar surface area (TPSA) is 12.0 Å². The average Bonchev–Trinajstić information content (AvgIpc) is 2.41. The van der Waals surface area contributed by atoms with E-state index in [1.165, 1.54) is 31.7 Å². The van der Waals surface area contributed by atoms with Crippen molar-refractivity contribution in [2.24, 2.45) is 11.8 Å². The van der Waals surface area contributed by atoms with E-state index in [1.54, 1.807) is 12.1 Å². The summed E-state index contributed by atoms with van der Waals surface area (Å²) >= 11 is 5.96. The van der Waals surface area contributed by atoms with Crippen LogP contribution < -0.4 is 5.32 Å². The minimum atomic E-state index is -0.145. The summed E-state index contributed by atoms with van der Waals surface area (Å²) in [6.07, 6.45) is 5.80. The van der Waals surface area contributed by atoms with Crippen LogP contribution in [0.1, 0.15) is 38.2 Å². The number of benzene rings is 1. The molecule has 0 heterocycles. The highest BCUT2D eigenvalue weighted by Gasteiger charge is 2.25. The molecule has 1 aliphatic rings. The predicted octanol–water partition coefficient (Wildman–Crippen LogP) is 4.44. The Labute approximate surface area is 120 Å². The molecule has 1 atom stereocenters. The van der Waals surface area contributed by atoms with Crippen molar-refractivity contribution in [3.8, 4) is 0 Å². The van der Waals surface area contributed by atoms with Crippen molar-refractivity contribution in [2.45, 2.75) is 45.1 Å². The summed E-state index contributed by atoms with van der Waals surface area (Å²) in [5, 5.41) is 3.99. The maximum atomic E-state index is 13.8. The summed E-state index contributed by atoms with van der Waals surface area (Å²) in [7, 11) is 1.98. The normalized spacial score (nSPS) is 25.3. The Hall–Kier alpha value is -0.600. The lowest BCUT2D eigenvalue weighted by molar-refractivity contribution is 0.234. The largest absolute Gasteiger partial charge is 0.316 e. The molecule has 1 nitrogen and oxygen atoms in total. The zero-order valence-electron chi connectivity index (χ0n) is 11.8. The van der Waals surface area contributed by atoms with Gasteiger partial charge in [-0.15, -0.1) is 0 Å². The van der Waals surface area contributed by atoms with Crippen molar-refractivity contribution in [1.29, 1.82) is 0 Å². The zero-order chi connectivity index (χ0) is 13.8. The number of nitrogens with one attached hydrogen (secondary N) is 1. The second-order valence-electron chi connectivity index (χ2n) is 5.85. The summed E-state index contributed by atoms with van der Waals surface area (Å²) in [6.45, 7) is 2.32. The molecule has 1 fully saturated rings. The molecule has 1 aliphatic carbocycles. The number of rotatable bonds is 4. The van der Waals surface area contributed by atoms with Crippen LogP contribution in [0.5, 0.6) is 0 Å². The van der Waals surface area contributed by atoms with E-state index < -0.39 is 0 Å². The Kier molecular flexibility index (Phi) is 5.23. The van der Waals surface area contributed by atoms with Crippen molar-refractivity contribution in [2.75, 3.05) is 7.05 Å². The molecule has 106 valence electrons. The monoisotopic (exact) mass is 283 g/mol. The van der Waals surface area contributed by atoms with Crippen molar-refractivity contribution in [1.82, 2.24) is 5.32 Å². The molecule has 19 heavy (non-hydrogen) atoms. The SMILES string of the molecule is CNC(Cc1cc(Cl)ccc1F)C1CCC(C)CC1. The molecule has 1 N–H and O–H groups in total. The van der Waals surface area contributed by atoms with Crippen LogP contribution in [0.25, 0.3) is 0 Å². The Morgan fingerprint density at radius 1 is 1.32 bits per heavy atom. The standard InChI is InChI=1S/C16H23ClFN/c1-11-3-5-12(6-4-11)16(19-2)10-13-9-14(17)7-8-15(13)18/h7-9,11-12,16,19H,3-6,10H2,1-2H3. The van der Waals surface area contributed by atoms with Crippen molar-refractivity contribution >= 4 is 11.6 Å². The van der Waals surface area contributed by atoms with Gasteiger partial charge in [0.15, 0.2) is 0 Å². The summed E-state index contributed by atoms with van der Waals surface area (Å²) in [6, 6.07) is 5.18. The molecule has 0 aliphatic heterocycles. The third-order valence-corrected chi connectivity index (χ3v) is 4.68. The van der Waals surface area contributed by atoms with Gasteiger partial charge in [0.05, 0.1) is 0 Å².